The van der Waals surface area contributed by atoms with Gasteiger partial charge in [0.15, 0.2) is 0 Å². The van der Waals surface area contributed by atoms with Gasteiger partial charge in [0.05, 0.1) is 11.0 Å². The summed E-state index contributed by atoms with van der Waals surface area (Å²) in [5.74, 6) is 0. The van der Waals surface area contributed by atoms with Gasteiger partial charge < -0.3 is 15.2 Å². The molecule has 0 saturated carbocycles. The Morgan fingerprint density at radius 1 is 1.37 bits per heavy atom. The van der Waals surface area contributed by atoms with Crippen LogP contribution >= 0.6 is 0 Å². The molecule has 0 radical (unpaired) electrons. The minimum absolute atomic E-state index is 0.0980. The number of fused-ring (bicyclic) bond motifs is 1. The molecule has 2 N–H and O–H groups in total. The van der Waals surface area contributed by atoms with Gasteiger partial charge in [-0.2, -0.15) is 0 Å². The zero-order chi connectivity index (χ0) is 13.7. The Balaban J connectivity index is 2.11. The van der Waals surface area contributed by atoms with Crippen molar-refractivity contribution in [2.75, 3.05) is 27.2 Å². The molecule has 1 aromatic heterocycles. The summed E-state index contributed by atoms with van der Waals surface area (Å²) in [6.45, 7) is 2.49. The normalized spacial score (nSPS) is 11.3. The summed E-state index contributed by atoms with van der Waals surface area (Å²) in [7, 11) is 3.95. The van der Waals surface area contributed by atoms with E-state index in [0.717, 1.165) is 30.5 Å². The Morgan fingerprint density at radius 2 is 2.16 bits per heavy atom. The highest BCUT2D eigenvalue weighted by molar-refractivity contribution is 5.73. The Kier molecular flexibility index (Phi) is 4.65. The van der Waals surface area contributed by atoms with Crippen LogP contribution < -0.4 is 10.9 Å². The molecule has 0 bridgehead atoms. The van der Waals surface area contributed by atoms with E-state index in [9.17, 15) is 4.79 Å². The minimum Gasteiger partial charge on any atom is -0.320 e. The topological polar surface area (TPSA) is 61.0 Å². The van der Waals surface area contributed by atoms with Crippen molar-refractivity contribution in [1.82, 2.24) is 20.2 Å². The number of hydrogen-bond donors (Lipinski definition) is 2. The van der Waals surface area contributed by atoms with Crippen LogP contribution in [0.5, 0.6) is 0 Å². The summed E-state index contributed by atoms with van der Waals surface area (Å²) < 4.78 is 0. The van der Waals surface area contributed by atoms with Gasteiger partial charge in [-0.1, -0.05) is 12.1 Å². The average Bonchev–Trinajstić information content (AvgIpc) is 2.40. The second kappa shape index (κ2) is 6.45. The van der Waals surface area contributed by atoms with Crippen LogP contribution in [0.2, 0.25) is 0 Å². The van der Waals surface area contributed by atoms with Crippen LogP contribution in [0.3, 0.4) is 0 Å². The van der Waals surface area contributed by atoms with E-state index >= 15 is 0 Å². The monoisotopic (exact) mass is 260 g/mol. The molecule has 19 heavy (non-hydrogen) atoms. The lowest BCUT2D eigenvalue weighted by Crippen LogP contribution is -2.27. The zero-order valence-corrected chi connectivity index (χ0v) is 11.4. The third kappa shape index (κ3) is 3.62. The highest BCUT2D eigenvalue weighted by Gasteiger charge is 2.07. The van der Waals surface area contributed by atoms with Gasteiger partial charge >= 0.3 is 0 Å². The SMILES string of the molecule is CNCCCN(C)Cc1nc2ccccc2[nH]c1=O. The molecule has 102 valence electrons. The van der Waals surface area contributed by atoms with E-state index in [1.807, 2.05) is 38.4 Å². The van der Waals surface area contributed by atoms with Crippen molar-refractivity contribution < 1.29 is 0 Å². The van der Waals surface area contributed by atoms with Crippen LogP contribution in [-0.4, -0.2) is 42.1 Å². The predicted octanol–water partition coefficient (Wildman–Crippen LogP) is 0.964. The molecule has 0 aliphatic rings. The highest BCUT2D eigenvalue weighted by atomic mass is 16.1. The van der Waals surface area contributed by atoms with Gasteiger partial charge in [0, 0.05) is 6.54 Å². The van der Waals surface area contributed by atoms with Crippen LogP contribution in [-0.2, 0) is 6.54 Å². The zero-order valence-electron chi connectivity index (χ0n) is 11.4. The Bertz CT molecular complexity index is 593. The van der Waals surface area contributed by atoms with Crippen molar-refractivity contribution in [3.63, 3.8) is 0 Å². The van der Waals surface area contributed by atoms with Gasteiger partial charge in [-0.3, -0.25) is 4.79 Å². The predicted molar refractivity (Wildman–Crippen MR) is 77.2 cm³/mol. The van der Waals surface area contributed by atoms with Crippen molar-refractivity contribution in [3.05, 3.63) is 40.3 Å². The van der Waals surface area contributed by atoms with E-state index in [1.165, 1.54) is 0 Å². The number of para-hydroxylation sites is 2. The largest absolute Gasteiger partial charge is 0.320 e. The molecule has 1 heterocycles. The van der Waals surface area contributed by atoms with Crippen molar-refractivity contribution in [2.24, 2.45) is 0 Å². The number of hydrogen-bond acceptors (Lipinski definition) is 4. The number of H-pyrrole nitrogens is 1. The third-order valence-electron chi connectivity index (χ3n) is 3.06. The number of rotatable bonds is 6. The molecule has 1 aromatic carbocycles. The molecule has 5 nitrogen and oxygen atoms in total. The van der Waals surface area contributed by atoms with E-state index in [-0.39, 0.29) is 5.56 Å². The van der Waals surface area contributed by atoms with E-state index in [4.69, 9.17) is 0 Å². The molecule has 2 aromatic rings. The van der Waals surface area contributed by atoms with Gasteiger partial charge in [-0.05, 0) is 45.7 Å². The van der Waals surface area contributed by atoms with Crippen LogP contribution in [0.25, 0.3) is 11.0 Å². The summed E-state index contributed by atoms with van der Waals surface area (Å²) in [5.41, 5.74) is 2.10. The number of aromatic amines is 1. The smallest absolute Gasteiger partial charge is 0.271 e. The summed E-state index contributed by atoms with van der Waals surface area (Å²) in [5, 5.41) is 3.11. The van der Waals surface area contributed by atoms with E-state index < -0.39 is 0 Å². The Hall–Kier alpha value is -1.72. The van der Waals surface area contributed by atoms with Crippen LogP contribution in [0.15, 0.2) is 29.1 Å². The molecule has 0 amide bonds. The lowest BCUT2D eigenvalue weighted by Gasteiger charge is -2.15. The first-order valence-corrected chi connectivity index (χ1v) is 6.52. The van der Waals surface area contributed by atoms with Gasteiger partial charge in [-0.15, -0.1) is 0 Å². The quantitative estimate of drug-likeness (QED) is 0.760. The summed E-state index contributed by atoms with van der Waals surface area (Å²) in [4.78, 5) is 21.4. The molecule has 0 saturated heterocycles. The van der Waals surface area contributed by atoms with Crippen LogP contribution in [0.1, 0.15) is 12.1 Å². The maximum atomic E-state index is 11.9. The number of nitrogens with zero attached hydrogens (tertiary/aromatic N) is 2. The van der Waals surface area contributed by atoms with Crippen molar-refractivity contribution in [3.8, 4) is 0 Å². The van der Waals surface area contributed by atoms with Gasteiger partial charge in [0.1, 0.15) is 5.69 Å². The van der Waals surface area contributed by atoms with E-state index in [1.54, 1.807) is 0 Å². The Morgan fingerprint density at radius 3 is 2.95 bits per heavy atom. The number of aromatic nitrogens is 2. The van der Waals surface area contributed by atoms with Gasteiger partial charge in [0.25, 0.3) is 5.56 Å². The fourth-order valence-corrected chi connectivity index (χ4v) is 2.04. The average molecular weight is 260 g/mol. The Labute approximate surface area is 112 Å². The molecular weight excluding hydrogens is 240 g/mol. The third-order valence-corrected chi connectivity index (χ3v) is 3.06. The van der Waals surface area contributed by atoms with Crippen molar-refractivity contribution in [2.45, 2.75) is 13.0 Å². The molecule has 0 aliphatic heterocycles. The first kappa shape index (κ1) is 13.7. The molecule has 0 unspecified atom stereocenters. The van der Waals surface area contributed by atoms with Crippen LogP contribution in [0.4, 0.5) is 0 Å². The lowest BCUT2D eigenvalue weighted by molar-refractivity contribution is 0.316. The summed E-state index contributed by atoms with van der Waals surface area (Å²) >= 11 is 0. The molecule has 0 fully saturated rings. The van der Waals surface area contributed by atoms with Crippen LogP contribution in [0, 0.1) is 0 Å². The first-order chi connectivity index (χ1) is 9.20. The van der Waals surface area contributed by atoms with Gasteiger partial charge in [-0.25, -0.2) is 4.98 Å². The summed E-state index contributed by atoms with van der Waals surface area (Å²) in [6.07, 6.45) is 1.05. The standard InChI is InChI=1S/C14H20N4O/c1-15-8-5-9-18(2)10-13-14(19)17-12-7-4-3-6-11(12)16-13/h3-4,6-7,15H,5,8-10H2,1-2H3,(H,17,19). The second-order valence-electron chi connectivity index (χ2n) is 4.72. The van der Waals surface area contributed by atoms with E-state index in [2.05, 4.69) is 20.2 Å². The maximum absolute atomic E-state index is 11.9. The highest BCUT2D eigenvalue weighted by Crippen LogP contribution is 2.06. The minimum atomic E-state index is -0.0980. The molecule has 5 heteroatoms. The maximum Gasteiger partial charge on any atom is 0.271 e. The fourth-order valence-electron chi connectivity index (χ4n) is 2.04. The molecular formula is C14H20N4O. The fraction of sp³-hybridized carbons (Fsp3) is 0.429. The number of benzene rings is 1. The molecule has 2 rings (SSSR count). The second-order valence-corrected chi connectivity index (χ2v) is 4.72. The number of nitrogens with one attached hydrogen (secondary N) is 2. The molecule has 0 aliphatic carbocycles. The molecule has 0 spiro atoms. The van der Waals surface area contributed by atoms with Crippen molar-refractivity contribution >= 4 is 11.0 Å². The lowest BCUT2D eigenvalue weighted by atomic mass is 10.3. The first-order valence-electron chi connectivity index (χ1n) is 6.52. The summed E-state index contributed by atoms with van der Waals surface area (Å²) in [6, 6.07) is 7.59. The van der Waals surface area contributed by atoms with Crippen molar-refractivity contribution in [1.29, 1.82) is 0 Å². The molecule has 0 atom stereocenters. The van der Waals surface area contributed by atoms with Gasteiger partial charge in [0.2, 0.25) is 0 Å². The van der Waals surface area contributed by atoms with E-state index in [0.29, 0.717) is 12.2 Å².